The van der Waals surface area contributed by atoms with Crippen LogP contribution in [0.25, 0.3) is 0 Å². The Morgan fingerprint density at radius 3 is 2.54 bits per heavy atom. The van der Waals surface area contributed by atoms with Crippen LogP contribution in [-0.2, 0) is 26.0 Å². The maximum atomic E-state index is 13.4. The normalized spacial score (nSPS) is 14.9. The number of carbonyl (C=O) groups excluding carboxylic acids is 2. The number of rotatable bonds is 9. The number of carbonyl (C=O) groups is 2. The highest BCUT2D eigenvalue weighted by Crippen LogP contribution is 2.36. The maximum absolute atomic E-state index is 13.4. The number of sulfone groups is 1. The molecule has 1 saturated carbocycles. The zero-order chi connectivity index (χ0) is 26.6. The molecule has 1 aliphatic carbocycles. The molecule has 0 aliphatic heterocycles. The first-order valence-corrected chi connectivity index (χ1v) is 14.6. The summed E-state index contributed by atoms with van der Waals surface area (Å²) >= 11 is 6.31. The highest BCUT2D eigenvalue weighted by atomic mass is 35.5. The highest BCUT2D eigenvalue weighted by Gasteiger charge is 2.28. The van der Waals surface area contributed by atoms with Crippen molar-refractivity contribution in [3.05, 3.63) is 70.9 Å². The summed E-state index contributed by atoms with van der Waals surface area (Å²) in [4.78, 5) is 24.8. The van der Waals surface area contributed by atoms with Gasteiger partial charge < -0.3 is 10.6 Å². The molecule has 3 aromatic rings. The fraction of sp³-hybridized carbons (Fsp3) is 0.370. The second-order valence-electron chi connectivity index (χ2n) is 9.67. The molecule has 196 valence electrons. The van der Waals surface area contributed by atoms with Crippen LogP contribution in [0.1, 0.15) is 56.1 Å². The molecule has 1 heterocycles. The average Bonchev–Trinajstić information content (AvgIpc) is 3.48. The molecule has 1 aromatic heterocycles. The van der Waals surface area contributed by atoms with Gasteiger partial charge in [0.2, 0.25) is 11.8 Å². The summed E-state index contributed by atoms with van der Waals surface area (Å²) in [6.45, 7) is 1.93. The van der Waals surface area contributed by atoms with Gasteiger partial charge >= 0.3 is 0 Å². The molecule has 1 fully saturated rings. The van der Waals surface area contributed by atoms with E-state index in [1.54, 1.807) is 29.1 Å². The van der Waals surface area contributed by atoms with E-state index in [0.29, 0.717) is 36.0 Å². The second kappa shape index (κ2) is 11.5. The SMILES string of the molecule is CC(=O)Nc1cccc(Cn2ccc(NC(=O)C(CC3CCCC3)c3ccc(S(C)(=O)=O)c(Cl)c3)n2)c1. The van der Waals surface area contributed by atoms with E-state index < -0.39 is 15.8 Å². The van der Waals surface area contributed by atoms with Gasteiger partial charge in [0, 0.05) is 31.1 Å². The van der Waals surface area contributed by atoms with E-state index in [1.165, 1.54) is 13.0 Å². The second-order valence-corrected chi connectivity index (χ2v) is 12.1. The number of hydrogen-bond acceptors (Lipinski definition) is 5. The summed E-state index contributed by atoms with van der Waals surface area (Å²) in [6.07, 6.45) is 8.02. The largest absolute Gasteiger partial charge is 0.326 e. The number of aromatic nitrogens is 2. The lowest BCUT2D eigenvalue weighted by Crippen LogP contribution is -2.23. The van der Waals surface area contributed by atoms with Crippen molar-refractivity contribution in [3.63, 3.8) is 0 Å². The predicted octanol–water partition coefficient (Wildman–Crippen LogP) is 5.25. The van der Waals surface area contributed by atoms with Crippen molar-refractivity contribution < 1.29 is 18.0 Å². The van der Waals surface area contributed by atoms with Gasteiger partial charge in [0.05, 0.1) is 22.4 Å². The third kappa shape index (κ3) is 7.20. The molecule has 1 atom stereocenters. The first-order chi connectivity index (χ1) is 17.6. The van der Waals surface area contributed by atoms with E-state index in [1.807, 2.05) is 24.3 Å². The Labute approximate surface area is 222 Å². The van der Waals surface area contributed by atoms with Gasteiger partial charge in [-0.2, -0.15) is 5.10 Å². The Morgan fingerprint density at radius 1 is 1.11 bits per heavy atom. The van der Waals surface area contributed by atoms with Crippen LogP contribution in [0.5, 0.6) is 0 Å². The van der Waals surface area contributed by atoms with Gasteiger partial charge in [-0.15, -0.1) is 0 Å². The van der Waals surface area contributed by atoms with Gasteiger partial charge in [-0.1, -0.05) is 55.5 Å². The van der Waals surface area contributed by atoms with Crippen molar-refractivity contribution in [2.45, 2.75) is 56.4 Å². The van der Waals surface area contributed by atoms with E-state index in [2.05, 4.69) is 15.7 Å². The van der Waals surface area contributed by atoms with E-state index in [4.69, 9.17) is 11.6 Å². The molecule has 8 nitrogen and oxygen atoms in total. The zero-order valence-corrected chi connectivity index (χ0v) is 22.5. The van der Waals surface area contributed by atoms with Gasteiger partial charge in [0.1, 0.15) is 0 Å². The van der Waals surface area contributed by atoms with Gasteiger partial charge in [-0.3, -0.25) is 14.3 Å². The lowest BCUT2D eigenvalue weighted by molar-refractivity contribution is -0.118. The number of benzene rings is 2. The van der Waals surface area contributed by atoms with E-state index in [9.17, 15) is 18.0 Å². The van der Waals surface area contributed by atoms with Crippen molar-refractivity contribution in [2.24, 2.45) is 5.92 Å². The summed E-state index contributed by atoms with van der Waals surface area (Å²) in [6, 6.07) is 14.0. The van der Waals surface area contributed by atoms with Gasteiger partial charge in [-0.05, 0) is 47.7 Å². The Morgan fingerprint density at radius 2 is 1.86 bits per heavy atom. The fourth-order valence-electron chi connectivity index (χ4n) is 4.88. The van der Waals surface area contributed by atoms with Crippen LogP contribution < -0.4 is 10.6 Å². The predicted molar refractivity (Wildman–Crippen MR) is 145 cm³/mol. The number of amides is 2. The topological polar surface area (TPSA) is 110 Å². The van der Waals surface area contributed by atoms with Crippen LogP contribution in [0.15, 0.2) is 59.6 Å². The summed E-state index contributed by atoms with van der Waals surface area (Å²) in [5, 5.41) is 10.3. The number of nitrogens with one attached hydrogen (secondary N) is 2. The fourth-order valence-corrected chi connectivity index (χ4v) is 6.21. The standard InChI is InChI=1S/C27H31ClN4O4S/c1-18(33)29-22-9-5-8-20(14-22)17-32-13-12-26(31-32)30-27(34)23(15-19-6-3-4-7-19)21-10-11-25(24(28)16-21)37(2,35)36/h5,8-14,16,19,23H,3-4,6-7,15,17H2,1-2H3,(H,29,33)(H,30,31,34). The Balaban J connectivity index is 1.50. The summed E-state index contributed by atoms with van der Waals surface area (Å²) in [5.74, 6) is 0.0400. The number of hydrogen-bond donors (Lipinski definition) is 2. The van der Waals surface area contributed by atoms with Crippen LogP contribution in [0.4, 0.5) is 11.5 Å². The molecule has 0 radical (unpaired) electrons. The van der Waals surface area contributed by atoms with Crippen molar-refractivity contribution in [1.82, 2.24) is 9.78 Å². The van der Waals surface area contributed by atoms with Crippen molar-refractivity contribution in [3.8, 4) is 0 Å². The van der Waals surface area contributed by atoms with Crippen LogP contribution in [0.2, 0.25) is 5.02 Å². The molecule has 4 rings (SSSR count). The van der Waals surface area contributed by atoms with Gasteiger partial charge in [-0.25, -0.2) is 8.42 Å². The van der Waals surface area contributed by atoms with E-state index in [-0.39, 0.29) is 21.7 Å². The molecule has 2 aromatic carbocycles. The quantitative estimate of drug-likeness (QED) is 0.384. The van der Waals surface area contributed by atoms with E-state index in [0.717, 1.165) is 37.5 Å². The molecule has 10 heteroatoms. The number of anilines is 2. The molecule has 2 N–H and O–H groups in total. The van der Waals surface area contributed by atoms with Gasteiger partial charge in [0.25, 0.3) is 0 Å². The minimum atomic E-state index is -3.46. The monoisotopic (exact) mass is 542 g/mol. The highest BCUT2D eigenvalue weighted by molar-refractivity contribution is 7.90. The minimum Gasteiger partial charge on any atom is -0.326 e. The van der Waals surface area contributed by atoms with Crippen molar-refractivity contribution >= 4 is 44.8 Å². The molecule has 1 aliphatic rings. The Hall–Kier alpha value is -3.17. The lowest BCUT2D eigenvalue weighted by Gasteiger charge is -2.21. The number of nitrogens with zero attached hydrogens (tertiary/aromatic N) is 2. The first-order valence-electron chi connectivity index (χ1n) is 12.3. The Kier molecular flexibility index (Phi) is 8.34. The first kappa shape index (κ1) is 26.9. The maximum Gasteiger partial charge on any atom is 0.233 e. The third-order valence-corrected chi connectivity index (χ3v) is 8.18. The summed E-state index contributed by atoms with van der Waals surface area (Å²) < 4.78 is 25.7. The minimum absolute atomic E-state index is 0.0549. The molecule has 37 heavy (non-hydrogen) atoms. The zero-order valence-electron chi connectivity index (χ0n) is 20.9. The lowest BCUT2D eigenvalue weighted by atomic mass is 9.87. The van der Waals surface area contributed by atoms with Crippen LogP contribution >= 0.6 is 11.6 Å². The molecule has 0 bridgehead atoms. The van der Waals surface area contributed by atoms with Gasteiger partial charge in [0.15, 0.2) is 15.7 Å². The smallest absolute Gasteiger partial charge is 0.233 e. The third-order valence-electron chi connectivity index (χ3n) is 6.60. The van der Waals surface area contributed by atoms with E-state index >= 15 is 0 Å². The number of halogens is 1. The molecule has 0 spiro atoms. The van der Waals surface area contributed by atoms with Crippen molar-refractivity contribution in [1.29, 1.82) is 0 Å². The summed E-state index contributed by atoms with van der Waals surface area (Å²) in [7, 11) is -3.46. The van der Waals surface area contributed by atoms with Crippen molar-refractivity contribution in [2.75, 3.05) is 16.9 Å². The molecule has 2 amide bonds. The Bertz CT molecular complexity index is 1400. The molecule has 1 unspecified atom stereocenters. The molecule has 0 saturated heterocycles. The van der Waals surface area contributed by atoms with Crippen LogP contribution in [-0.4, -0.2) is 36.3 Å². The molecular weight excluding hydrogens is 512 g/mol. The molecular formula is C27H31ClN4O4S. The van der Waals surface area contributed by atoms with Crippen LogP contribution in [0, 0.1) is 5.92 Å². The van der Waals surface area contributed by atoms with Crippen LogP contribution in [0.3, 0.4) is 0 Å². The average molecular weight is 543 g/mol. The summed E-state index contributed by atoms with van der Waals surface area (Å²) in [5.41, 5.74) is 2.35.